The second kappa shape index (κ2) is 6.16. The van der Waals surface area contributed by atoms with Gasteiger partial charge in [0.05, 0.1) is 17.5 Å². The van der Waals surface area contributed by atoms with Gasteiger partial charge in [0.15, 0.2) is 0 Å². The number of H-pyrrole nitrogens is 1. The molecule has 146 valence electrons. The molecule has 0 radical (unpaired) electrons. The number of nitro benzene ring substituents is 1. The first-order chi connectivity index (χ1) is 14.0. The van der Waals surface area contributed by atoms with Crippen molar-refractivity contribution in [2.45, 2.75) is 18.5 Å². The van der Waals surface area contributed by atoms with E-state index in [0.29, 0.717) is 12.0 Å². The van der Waals surface area contributed by atoms with E-state index in [9.17, 15) is 19.7 Å². The van der Waals surface area contributed by atoms with Crippen LogP contribution in [0.5, 0.6) is 0 Å². The molecule has 0 aliphatic carbocycles. The summed E-state index contributed by atoms with van der Waals surface area (Å²) in [4.78, 5) is 43.3. The molecule has 3 heterocycles. The van der Waals surface area contributed by atoms with Crippen LogP contribution in [0.15, 0.2) is 48.5 Å². The van der Waals surface area contributed by atoms with Crippen molar-refractivity contribution in [1.29, 1.82) is 0 Å². The van der Waals surface area contributed by atoms with Gasteiger partial charge in [-0.2, -0.15) is 0 Å². The van der Waals surface area contributed by atoms with Gasteiger partial charge in [0.1, 0.15) is 6.04 Å². The summed E-state index contributed by atoms with van der Waals surface area (Å²) in [6, 6.07) is 12.9. The number of benzene rings is 2. The fourth-order valence-corrected chi connectivity index (χ4v) is 4.56. The van der Waals surface area contributed by atoms with Gasteiger partial charge in [-0.1, -0.05) is 30.3 Å². The van der Waals surface area contributed by atoms with Crippen LogP contribution >= 0.6 is 0 Å². The van der Waals surface area contributed by atoms with Crippen LogP contribution in [0.3, 0.4) is 0 Å². The van der Waals surface area contributed by atoms with E-state index in [0.717, 1.165) is 22.2 Å². The van der Waals surface area contributed by atoms with Gasteiger partial charge >= 0.3 is 0 Å². The molecular formula is C21H18N4O4. The molecule has 2 atom stereocenters. The van der Waals surface area contributed by atoms with Crippen molar-refractivity contribution < 1.29 is 14.5 Å². The summed E-state index contributed by atoms with van der Waals surface area (Å²) in [6.45, 7) is -0.00365. The molecule has 29 heavy (non-hydrogen) atoms. The number of carbonyl (C=O) groups excluding carboxylic acids is 2. The molecule has 2 amide bonds. The van der Waals surface area contributed by atoms with Crippen LogP contribution < -0.4 is 0 Å². The highest BCUT2D eigenvalue weighted by Crippen LogP contribution is 2.42. The molecule has 5 rings (SSSR count). The second-order valence-corrected chi connectivity index (χ2v) is 7.53. The summed E-state index contributed by atoms with van der Waals surface area (Å²) < 4.78 is 0. The van der Waals surface area contributed by atoms with Crippen molar-refractivity contribution in [2.75, 3.05) is 13.6 Å². The third-order valence-electron chi connectivity index (χ3n) is 5.85. The maximum atomic E-state index is 13.0. The van der Waals surface area contributed by atoms with Crippen LogP contribution in [-0.2, 0) is 16.0 Å². The lowest BCUT2D eigenvalue weighted by molar-refractivity contribution is -0.384. The Balaban J connectivity index is 1.76. The largest absolute Gasteiger partial charge is 0.356 e. The van der Waals surface area contributed by atoms with Crippen LogP contribution in [-0.4, -0.2) is 51.2 Å². The van der Waals surface area contributed by atoms with Gasteiger partial charge in [-0.25, -0.2) is 0 Å². The van der Waals surface area contributed by atoms with E-state index in [4.69, 9.17) is 0 Å². The molecule has 1 aromatic heterocycles. The first-order valence-corrected chi connectivity index (χ1v) is 9.35. The number of amides is 2. The Morgan fingerprint density at radius 2 is 1.93 bits per heavy atom. The fraction of sp³-hybridized carbons (Fsp3) is 0.238. The van der Waals surface area contributed by atoms with Gasteiger partial charge in [-0.15, -0.1) is 0 Å². The molecule has 1 N–H and O–H groups in total. The maximum absolute atomic E-state index is 13.0. The average molecular weight is 390 g/mol. The summed E-state index contributed by atoms with van der Waals surface area (Å²) in [5.41, 5.74) is 3.28. The third-order valence-corrected chi connectivity index (χ3v) is 5.85. The third kappa shape index (κ3) is 2.52. The predicted molar refractivity (Wildman–Crippen MR) is 105 cm³/mol. The van der Waals surface area contributed by atoms with E-state index in [2.05, 4.69) is 4.98 Å². The molecular weight excluding hydrogens is 372 g/mol. The number of hydrogen-bond acceptors (Lipinski definition) is 4. The normalized spacial score (nSPS) is 21.3. The zero-order valence-electron chi connectivity index (χ0n) is 15.7. The molecule has 2 aliphatic rings. The molecule has 1 saturated heterocycles. The van der Waals surface area contributed by atoms with Crippen molar-refractivity contribution >= 4 is 28.4 Å². The van der Waals surface area contributed by atoms with Gasteiger partial charge in [-0.3, -0.25) is 19.7 Å². The summed E-state index contributed by atoms with van der Waals surface area (Å²) in [7, 11) is 1.63. The molecule has 1 fully saturated rings. The van der Waals surface area contributed by atoms with Crippen LogP contribution in [0.1, 0.15) is 22.9 Å². The lowest BCUT2D eigenvalue weighted by Crippen LogP contribution is -2.62. The highest BCUT2D eigenvalue weighted by atomic mass is 16.6. The van der Waals surface area contributed by atoms with Crippen molar-refractivity contribution in [3.05, 3.63) is 75.5 Å². The summed E-state index contributed by atoms with van der Waals surface area (Å²) >= 11 is 0. The van der Waals surface area contributed by atoms with Gasteiger partial charge in [0.25, 0.3) is 5.69 Å². The van der Waals surface area contributed by atoms with E-state index >= 15 is 0 Å². The minimum absolute atomic E-state index is 0.00365. The summed E-state index contributed by atoms with van der Waals surface area (Å²) in [6.07, 6.45) is 0.416. The average Bonchev–Trinajstić information content (AvgIpc) is 3.09. The van der Waals surface area contributed by atoms with Crippen molar-refractivity contribution in [1.82, 2.24) is 14.8 Å². The number of aromatic amines is 1. The molecule has 1 unspecified atom stereocenters. The van der Waals surface area contributed by atoms with Gasteiger partial charge in [0, 0.05) is 42.2 Å². The van der Waals surface area contributed by atoms with Crippen molar-refractivity contribution in [3.8, 4) is 0 Å². The lowest BCUT2D eigenvalue weighted by Gasteiger charge is -2.46. The standard InChI is InChI=1S/C21H18N4O4/c1-23-11-18(26)24-17(21(23)27)10-15-14-7-2-3-8-16(14)22-19(15)20(24)12-5-4-6-13(9-12)25(28)29/h2-9,17,20,22H,10-11H2,1H3/t17-,20?/m0/s1. The Morgan fingerprint density at radius 3 is 2.72 bits per heavy atom. The highest BCUT2D eigenvalue weighted by Gasteiger charge is 2.47. The Bertz CT molecular complexity index is 1180. The molecule has 0 spiro atoms. The maximum Gasteiger partial charge on any atom is 0.269 e. The number of nitrogens with zero attached hydrogens (tertiary/aromatic N) is 3. The number of piperazine rings is 1. The van der Waals surface area contributed by atoms with Gasteiger partial charge in [-0.05, 0) is 17.2 Å². The zero-order chi connectivity index (χ0) is 20.3. The molecule has 0 bridgehead atoms. The molecule has 2 aromatic carbocycles. The van der Waals surface area contributed by atoms with Crippen LogP contribution in [0.2, 0.25) is 0 Å². The van der Waals surface area contributed by atoms with E-state index in [1.54, 1.807) is 24.1 Å². The molecule has 0 saturated carbocycles. The monoisotopic (exact) mass is 390 g/mol. The number of non-ortho nitro benzene ring substituents is 1. The van der Waals surface area contributed by atoms with Crippen molar-refractivity contribution in [3.63, 3.8) is 0 Å². The zero-order valence-corrected chi connectivity index (χ0v) is 15.7. The smallest absolute Gasteiger partial charge is 0.269 e. The Morgan fingerprint density at radius 1 is 1.14 bits per heavy atom. The topological polar surface area (TPSA) is 99.5 Å². The summed E-state index contributed by atoms with van der Waals surface area (Å²) in [5.74, 6) is -0.283. The number of para-hydroxylation sites is 1. The van der Waals surface area contributed by atoms with Crippen molar-refractivity contribution in [2.24, 2.45) is 0 Å². The highest BCUT2D eigenvalue weighted by molar-refractivity contribution is 5.97. The van der Waals surface area contributed by atoms with Crippen LogP contribution in [0.4, 0.5) is 5.69 Å². The van der Waals surface area contributed by atoms with Crippen LogP contribution in [0, 0.1) is 10.1 Å². The molecule has 2 aliphatic heterocycles. The Labute approximate surface area is 165 Å². The number of likely N-dealkylation sites (N-methyl/N-ethyl adjacent to an activating group) is 1. The first kappa shape index (κ1) is 17.4. The van der Waals surface area contributed by atoms with E-state index in [1.165, 1.54) is 17.0 Å². The van der Waals surface area contributed by atoms with E-state index < -0.39 is 17.0 Å². The number of fused-ring (bicyclic) bond motifs is 4. The van der Waals surface area contributed by atoms with E-state index in [1.807, 2.05) is 24.3 Å². The number of aromatic nitrogens is 1. The number of rotatable bonds is 2. The fourth-order valence-electron chi connectivity index (χ4n) is 4.56. The quantitative estimate of drug-likeness (QED) is 0.536. The Hall–Kier alpha value is -3.68. The summed E-state index contributed by atoms with van der Waals surface area (Å²) in [5, 5.41) is 12.3. The Kier molecular flexibility index (Phi) is 3.70. The van der Waals surface area contributed by atoms with Gasteiger partial charge in [0.2, 0.25) is 11.8 Å². The lowest BCUT2D eigenvalue weighted by atomic mass is 9.86. The molecule has 8 heteroatoms. The first-order valence-electron chi connectivity index (χ1n) is 9.35. The van der Waals surface area contributed by atoms with Crippen LogP contribution in [0.25, 0.3) is 10.9 Å². The second-order valence-electron chi connectivity index (χ2n) is 7.53. The predicted octanol–water partition coefficient (Wildman–Crippen LogP) is 2.39. The number of hydrogen-bond donors (Lipinski definition) is 1. The molecule has 8 nitrogen and oxygen atoms in total. The minimum atomic E-state index is -0.628. The molecule has 3 aromatic rings. The number of nitro groups is 1. The van der Waals surface area contributed by atoms with E-state index in [-0.39, 0.29) is 24.0 Å². The number of carbonyl (C=O) groups is 2. The SMILES string of the molecule is CN1CC(=O)N2C(c3cccc([N+](=O)[O-])c3)c3[nH]c4ccccc4c3C[C@H]2C1=O. The number of nitrogens with one attached hydrogen (secondary N) is 1. The minimum Gasteiger partial charge on any atom is -0.356 e. The van der Waals surface area contributed by atoms with Gasteiger partial charge < -0.3 is 14.8 Å².